The zero-order chi connectivity index (χ0) is 43.8. The molecule has 6 rings (SSSR count). The minimum absolute atomic E-state index is 0.0574. The molecule has 0 saturated heterocycles. The van der Waals surface area contributed by atoms with Gasteiger partial charge in [-0.2, -0.15) is 23.4 Å². The number of carbonyl (C=O) groups excluding carboxylic acids is 2. The number of nitrogens with one attached hydrogen (secondary N) is 4. The smallest absolute Gasteiger partial charge is 0.292 e. The third-order valence-electron chi connectivity index (χ3n) is 7.85. The SMILES string of the molecule is C1CC1.CC.CCC.Cc1c(CF)nn(Cc2ccc(C(C)(C)C)cc2)c1NC(=O)NC=O.O=c1[nH]c(=O)c2c(CF)nn(Cc3ccc(C(F)(F)F)c(F)c3)c2[nH]1. The van der Waals surface area contributed by atoms with Crippen LogP contribution in [0.4, 0.5) is 37.0 Å². The third-order valence-corrected chi connectivity index (χ3v) is 7.85. The van der Waals surface area contributed by atoms with Gasteiger partial charge in [0.05, 0.1) is 24.3 Å². The molecule has 0 bridgehead atoms. The Bertz CT molecular complexity index is 2200. The maximum Gasteiger partial charge on any atom is 0.419 e. The van der Waals surface area contributed by atoms with E-state index in [4.69, 9.17) is 0 Å². The van der Waals surface area contributed by atoms with Gasteiger partial charge in [0, 0.05) is 5.56 Å². The predicted molar refractivity (Wildman–Crippen MR) is 212 cm³/mol. The van der Waals surface area contributed by atoms with Crippen molar-refractivity contribution in [1.29, 1.82) is 0 Å². The summed E-state index contributed by atoms with van der Waals surface area (Å²) in [5.41, 5.74) is -0.372. The molecule has 0 spiro atoms. The van der Waals surface area contributed by atoms with E-state index >= 15 is 0 Å². The largest absolute Gasteiger partial charge is 0.419 e. The fourth-order valence-corrected chi connectivity index (χ4v) is 4.93. The van der Waals surface area contributed by atoms with Crippen molar-refractivity contribution in [2.75, 3.05) is 5.32 Å². The normalized spacial score (nSPS) is 11.7. The molecule has 1 aliphatic rings. The van der Waals surface area contributed by atoms with Gasteiger partial charge in [0.15, 0.2) is 0 Å². The summed E-state index contributed by atoms with van der Waals surface area (Å²) in [6, 6.07) is 9.65. The van der Waals surface area contributed by atoms with Crippen LogP contribution in [0.2, 0.25) is 0 Å². The lowest BCUT2D eigenvalue weighted by Crippen LogP contribution is -2.28. The van der Waals surface area contributed by atoms with E-state index in [-0.39, 0.29) is 46.4 Å². The third kappa shape index (κ3) is 14.1. The molecule has 3 amide bonds. The average Bonchev–Trinajstić information content (AvgIpc) is 3.97. The summed E-state index contributed by atoms with van der Waals surface area (Å²) >= 11 is 0. The van der Waals surface area contributed by atoms with Crippen molar-refractivity contribution >= 4 is 29.3 Å². The molecule has 1 fully saturated rings. The average molecular weight is 823 g/mol. The molecule has 3 aromatic heterocycles. The number of alkyl halides is 5. The number of urea groups is 1. The molecule has 1 saturated carbocycles. The molecule has 1 aliphatic carbocycles. The number of imide groups is 1. The topological polar surface area (TPSA) is 160 Å². The second kappa shape index (κ2) is 22.3. The fourth-order valence-electron chi connectivity index (χ4n) is 4.93. The summed E-state index contributed by atoms with van der Waals surface area (Å²) in [5.74, 6) is -1.11. The fraction of sp³-hybridized carbons (Fsp3) is 0.450. The number of benzene rings is 2. The lowest BCUT2D eigenvalue weighted by atomic mass is 9.87. The number of nitrogens with zero attached hydrogens (tertiary/aromatic N) is 4. The number of hydrogen-bond acceptors (Lipinski definition) is 6. The van der Waals surface area contributed by atoms with E-state index in [1.165, 1.54) is 35.9 Å². The Labute approximate surface area is 332 Å². The van der Waals surface area contributed by atoms with E-state index in [0.29, 0.717) is 30.1 Å². The Balaban J connectivity index is 0.000000337. The number of hydrogen-bond donors (Lipinski definition) is 4. The zero-order valence-corrected chi connectivity index (χ0v) is 34.0. The van der Waals surface area contributed by atoms with Gasteiger partial charge in [0.1, 0.15) is 41.7 Å². The molecule has 2 aromatic carbocycles. The first kappa shape index (κ1) is 48.5. The summed E-state index contributed by atoms with van der Waals surface area (Å²) in [6.45, 7) is 14.6. The number of fused-ring (bicyclic) bond motifs is 1. The Kier molecular flexibility index (Phi) is 18.6. The van der Waals surface area contributed by atoms with Gasteiger partial charge in [-0.15, -0.1) is 0 Å². The molecule has 12 nitrogen and oxygen atoms in total. The highest BCUT2D eigenvalue weighted by atomic mass is 19.4. The van der Waals surface area contributed by atoms with Gasteiger partial charge in [-0.3, -0.25) is 30.2 Å². The monoisotopic (exact) mass is 822 g/mol. The second-order valence-corrected chi connectivity index (χ2v) is 13.8. The number of rotatable bonds is 8. The van der Waals surface area contributed by atoms with Crippen molar-refractivity contribution in [1.82, 2.24) is 34.8 Å². The van der Waals surface area contributed by atoms with Crippen molar-refractivity contribution in [3.8, 4) is 0 Å². The van der Waals surface area contributed by atoms with Crippen LogP contribution in [0.15, 0.2) is 52.1 Å². The van der Waals surface area contributed by atoms with Crippen molar-refractivity contribution < 1.29 is 35.9 Å². The van der Waals surface area contributed by atoms with Crippen LogP contribution in [0.1, 0.15) is 113 Å². The molecule has 318 valence electrons. The lowest BCUT2D eigenvalue weighted by Gasteiger charge is -2.19. The van der Waals surface area contributed by atoms with Crippen LogP contribution in [0.25, 0.3) is 11.0 Å². The van der Waals surface area contributed by atoms with Crippen LogP contribution in [0, 0.1) is 12.7 Å². The minimum Gasteiger partial charge on any atom is -0.292 e. The minimum atomic E-state index is -4.83. The number of aromatic nitrogens is 6. The first-order chi connectivity index (χ1) is 27.4. The van der Waals surface area contributed by atoms with Crippen LogP contribution in [-0.4, -0.2) is 42.0 Å². The van der Waals surface area contributed by atoms with E-state index in [2.05, 4.69) is 55.1 Å². The Morgan fingerprint density at radius 2 is 1.40 bits per heavy atom. The molecular weight excluding hydrogens is 770 g/mol. The van der Waals surface area contributed by atoms with Gasteiger partial charge in [-0.25, -0.2) is 32.1 Å². The predicted octanol–water partition coefficient (Wildman–Crippen LogP) is 8.99. The Morgan fingerprint density at radius 3 is 1.88 bits per heavy atom. The van der Waals surface area contributed by atoms with Gasteiger partial charge in [-0.1, -0.05) is 104 Å². The summed E-state index contributed by atoms with van der Waals surface area (Å²) < 4.78 is 80.1. The van der Waals surface area contributed by atoms with E-state index in [1.807, 2.05) is 48.4 Å². The second-order valence-electron chi connectivity index (χ2n) is 13.8. The number of amides is 3. The van der Waals surface area contributed by atoms with Crippen molar-refractivity contribution in [3.05, 3.63) is 108 Å². The highest BCUT2D eigenvalue weighted by Crippen LogP contribution is 2.32. The van der Waals surface area contributed by atoms with E-state index < -0.39 is 48.2 Å². The highest BCUT2D eigenvalue weighted by molar-refractivity contribution is 5.95. The summed E-state index contributed by atoms with van der Waals surface area (Å²) in [6.07, 6.45) is 1.20. The number of carbonyl (C=O) groups is 2. The molecule has 0 aliphatic heterocycles. The molecular formula is C40H52F6N8O4. The molecule has 0 radical (unpaired) electrons. The van der Waals surface area contributed by atoms with Gasteiger partial charge in [-0.05, 0) is 41.2 Å². The summed E-state index contributed by atoms with van der Waals surface area (Å²) in [5, 5.41) is 12.4. The van der Waals surface area contributed by atoms with Crippen molar-refractivity contribution in [3.63, 3.8) is 0 Å². The Hall–Kier alpha value is -5.68. The first-order valence-corrected chi connectivity index (χ1v) is 18.7. The van der Waals surface area contributed by atoms with E-state index in [1.54, 1.807) is 6.92 Å². The molecule has 0 unspecified atom stereocenters. The molecule has 3 heterocycles. The highest BCUT2D eigenvalue weighted by Gasteiger charge is 2.34. The van der Waals surface area contributed by atoms with Crippen molar-refractivity contribution in [2.24, 2.45) is 0 Å². The summed E-state index contributed by atoms with van der Waals surface area (Å²) in [4.78, 5) is 49.4. The molecule has 18 heteroatoms. The summed E-state index contributed by atoms with van der Waals surface area (Å²) in [7, 11) is 0. The Morgan fingerprint density at radius 1 is 0.862 bits per heavy atom. The van der Waals surface area contributed by atoms with Crippen molar-refractivity contribution in [2.45, 2.75) is 119 Å². The van der Waals surface area contributed by atoms with Gasteiger partial charge < -0.3 is 0 Å². The van der Waals surface area contributed by atoms with Gasteiger partial charge in [0.25, 0.3) is 5.56 Å². The standard InChI is InChI=1S/C18H23FN4O2.C14H9F5N4O2.C3H6.C3H8.C2H6/c1-12-15(9-19)22-23(16(12)21-17(25)20-11-24)10-13-5-7-14(8-6-13)18(2,3)4;15-4-9-10-11(20-13(25)21-12(10)24)23(22-9)5-6-1-2-7(8(16)3-6)14(17,18)19;1-2-3-1;1-3-2;1-2/h5-8,11H,9-10H2,1-4H3,(H2,20,21,24,25);1-3H,4-5H2,(H2,20,21,24,25);1-3H2;3H2,1-2H3;1-2H3. The zero-order valence-electron chi connectivity index (χ0n) is 34.0. The number of H-pyrrole nitrogens is 2. The maximum absolute atomic E-state index is 13.6. The molecule has 0 atom stereocenters. The number of anilines is 1. The number of halogens is 6. The molecule has 4 N–H and O–H groups in total. The van der Waals surface area contributed by atoms with E-state index in [9.17, 15) is 45.5 Å². The quantitative estimate of drug-likeness (QED) is 0.0903. The van der Waals surface area contributed by atoms with Crippen LogP contribution in [0.3, 0.4) is 0 Å². The van der Waals surface area contributed by atoms with Crippen LogP contribution >= 0.6 is 0 Å². The molecule has 58 heavy (non-hydrogen) atoms. The van der Waals surface area contributed by atoms with Gasteiger partial charge >= 0.3 is 17.9 Å². The van der Waals surface area contributed by atoms with Crippen LogP contribution in [0.5, 0.6) is 0 Å². The number of aromatic amines is 2. The maximum atomic E-state index is 13.6. The van der Waals surface area contributed by atoms with Crippen LogP contribution in [-0.2, 0) is 42.8 Å². The van der Waals surface area contributed by atoms with E-state index in [0.717, 1.165) is 16.3 Å². The first-order valence-electron chi connectivity index (χ1n) is 18.7. The molecule has 5 aromatic rings. The van der Waals surface area contributed by atoms with Gasteiger partial charge in [0.2, 0.25) is 6.41 Å². The van der Waals surface area contributed by atoms with Crippen LogP contribution < -0.4 is 21.9 Å². The lowest BCUT2D eigenvalue weighted by molar-refractivity contribution is -0.140.